The van der Waals surface area contributed by atoms with Gasteiger partial charge in [0.25, 0.3) is 0 Å². The molecule has 15 heavy (non-hydrogen) atoms. The zero-order valence-corrected chi connectivity index (χ0v) is 8.56. The topological polar surface area (TPSA) is 26.3 Å². The van der Waals surface area contributed by atoms with E-state index in [4.69, 9.17) is 12.6 Å². The van der Waals surface area contributed by atoms with E-state index in [1.54, 1.807) is 0 Å². The molecular weight excluding hydrogens is 187 g/mol. The highest BCUT2D eigenvalue weighted by atomic mass is 16.5. The van der Waals surface area contributed by atoms with Crippen molar-refractivity contribution in [3.63, 3.8) is 0 Å². The number of carbonyl (C=O) groups is 1. The van der Waals surface area contributed by atoms with Crippen molar-refractivity contribution in [1.29, 1.82) is 0 Å². The van der Waals surface area contributed by atoms with Gasteiger partial charge in [0.2, 0.25) is 0 Å². The molecule has 1 aliphatic carbocycles. The van der Waals surface area contributed by atoms with Crippen LogP contribution in [0, 0.1) is 5.92 Å². The molecule has 0 saturated heterocycles. The van der Waals surface area contributed by atoms with E-state index in [1.807, 2.05) is 30.3 Å². The fourth-order valence-corrected chi connectivity index (χ4v) is 1.70. The van der Waals surface area contributed by atoms with Gasteiger partial charge in [-0.05, 0) is 18.4 Å². The van der Waals surface area contributed by atoms with Crippen LogP contribution in [0.15, 0.2) is 30.3 Å². The van der Waals surface area contributed by atoms with Crippen molar-refractivity contribution in [2.24, 2.45) is 5.92 Å². The molecule has 1 saturated carbocycles. The Balaban J connectivity index is 1.76. The lowest BCUT2D eigenvalue weighted by Gasteiger charge is -2.30. The van der Waals surface area contributed by atoms with Gasteiger partial charge < -0.3 is 4.74 Å². The summed E-state index contributed by atoms with van der Waals surface area (Å²) in [6.07, 6.45) is 1.54. The van der Waals surface area contributed by atoms with Crippen LogP contribution in [-0.2, 0) is 16.1 Å². The Morgan fingerprint density at radius 2 is 2.00 bits per heavy atom. The second-order valence-electron chi connectivity index (χ2n) is 4.02. The molecular formula is C12H13BO2. The number of carbonyl (C=O) groups excluding carboxylic acids is 1. The molecule has 0 aromatic heterocycles. The minimum absolute atomic E-state index is 0.0312. The minimum Gasteiger partial charge on any atom is -0.461 e. The lowest BCUT2D eigenvalue weighted by atomic mass is 9.64. The Bertz CT molecular complexity index is 331. The maximum Gasteiger partial charge on any atom is 0.309 e. The highest BCUT2D eigenvalue weighted by Gasteiger charge is 2.32. The molecule has 0 heterocycles. The fraction of sp³-hybridized carbons (Fsp3) is 0.417. The van der Waals surface area contributed by atoms with Gasteiger partial charge in [-0.25, -0.2) is 0 Å². The van der Waals surface area contributed by atoms with Crippen molar-refractivity contribution in [3.8, 4) is 0 Å². The quantitative estimate of drug-likeness (QED) is 0.551. The number of benzene rings is 1. The molecule has 0 amide bonds. The van der Waals surface area contributed by atoms with Gasteiger partial charge >= 0.3 is 5.97 Å². The zero-order valence-electron chi connectivity index (χ0n) is 8.56. The summed E-state index contributed by atoms with van der Waals surface area (Å²) < 4.78 is 5.19. The second kappa shape index (κ2) is 4.52. The first kappa shape index (κ1) is 10.3. The van der Waals surface area contributed by atoms with E-state index in [9.17, 15) is 4.79 Å². The monoisotopic (exact) mass is 200 g/mol. The molecule has 0 bridgehead atoms. The summed E-state index contributed by atoms with van der Waals surface area (Å²) in [6.45, 7) is 0.366. The Hall–Kier alpha value is -1.25. The van der Waals surface area contributed by atoms with E-state index < -0.39 is 0 Å². The Kier molecular flexibility index (Phi) is 3.09. The number of rotatable bonds is 3. The van der Waals surface area contributed by atoms with E-state index in [2.05, 4.69) is 0 Å². The van der Waals surface area contributed by atoms with Crippen molar-refractivity contribution in [2.75, 3.05) is 0 Å². The van der Waals surface area contributed by atoms with Gasteiger partial charge in [-0.15, -0.1) is 0 Å². The van der Waals surface area contributed by atoms with E-state index >= 15 is 0 Å². The van der Waals surface area contributed by atoms with Crippen LogP contribution in [0.5, 0.6) is 0 Å². The van der Waals surface area contributed by atoms with Gasteiger partial charge in [-0.2, -0.15) is 0 Å². The molecule has 0 spiro atoms. The Labute approximate surface area is 91.0 Å². The number of ether oxygens (including phenoxy) is 1. The summed E-state index contributed by atoms with van der Waals surface area (Å²) in [4.78, 5) is 11.5. The number of esters is 1. The third-order valence-corrected chi connectivity index (χ3v) is 2.73. The molecule has 1 aromatic rings. The molecule has 2 radical (unpaired) electrons. The molecule has 0 unspecified atom stereocenters. The van der Waals surface area contributed by atoms with Crippen LogP contribution in [0.25, 0.3) is 0 Å². The molecule has 0 N–H and O–H groups in total. The molecule has 1 aliphatic rings. The van der Waals surface area contributed by atoms with E-state index in [1.165, 1.54) is 0 Å². The van der Waals surface area contributed by atoms with Crippen LogP contribution in [0.4, 0.5) is 0 Å². The molecule has 0 atom stereocenters. The Morgan fingerprint density at radius 1 is 1.33 bits per heavy atom. The predicted molar refractivity (Wildman–Crippen MR) is 58.5 cm³/mol. The van der Waals surface area contributed by atoms with Crippen molar-refractivity contribution in [2.45, 2.75) is 25.3 Å². The van der Waals surface area contributed by atoms with Crippen molar-refractivity contribution in [1.82, 2.24) is 0 Å². The first-order valence-corrected chi connectivity index (χ1v) is 5.22. The lowest BCUT2D eigenvalue weighted by molar-refractivity contribution is -0.152. The largest absolute Gasteiger partial charge is 0.461 e. The van der Waals surface area contributed by atoms with Gasteiger partial charge in [-0.1, -0.05) is 36.1 Å². The highest BCUT2D eigenvalue weighted by molar-refractivity contribution is 6.12. The van der Waals surface area contributed by atoms with Crippen LogP contribution in [0.3, 0.4) is 0 Å². The normalized spacial score (nSPS) is 24.3. The number of hydrogen-bond acceptors (Lipinski definition) is 2. The first-order chi connectivity index (χ1) is 7.25. The average molecular weight is 200 g/mol. The van der Waals surface area contributed by atoms with Gasteiger partial charge in [0.15, 0.2) is 0 Å². The number of hydrogen-bond donors (Lipinski definition) is 0. The molecule has 3 heteroatoms. The summed E-state index contributed by atoms with van der Waals surface area (Å²) >= 11 is 0. The predicted octanol–water partition coefficient (Wildman–Crippen LogP) is 2.10. The zero-order chi connectivity index (χ0) is 10.7. The summed E-state index contributed by atoms with van der Waals surface area (Å²) in [5.41, 5.74) is 1.02. The van der Waals surface area contributed by atoms with Crippen LogP contribution < -0.4 is 0 Å². The van der Waals surface area contributed by atoms with Crippen LogP contribution in [-0.4, -0.2) is 13.8 Å². The summed E-state index contributed by atoms with van der Waals surface area (Å²) in [7, 11) is 5.61. The minimum atomic E-state index is -0.111. The lowest BCUT2D eigenvalue weighted by Crippen LogP contribution is -2.28. The van der Waals surface area contributed by atoms with E-state index in [0.29, 0.717) is 6.61 Å². The maximum absolute atomic E-state index is 11.5. The molecule has 2 nitrogen and oxygen atoms in total. The summed E-state index contributed by atoms with van der Waals surface area (Å²) in [5.74, 6) is 0.114. The molecule has 1 aromatic carbocycles. The van der Waals surface area contributed by atoms with Crippen LogP contribution in [0.1, 0.15) is 18.4 Å². The fourth-order valence-electron chi connectivity index (χ4n) is 1.70. The average Bonchev–Trinajstić information content (AvgIpc) is 2.23. The van der Waals surface area contributed by atoms with Gasteiger partial charge in [0, 0.05) is 0 Å². The van der Waals surface area contributed by atoms with Crippen molar-refractivity contribution in [3.05, 3.63) is 35.9 Å². The van der Waals surface area contributed by atoms with Gasteiger partial charge in [0.05, 0.1) is 13.8 Å². The maximum atomic E-state index is 11.5. The van der Waals surface area contributed by atoms with Crippen LogP contribution >= 0.6 is 0 Å². The summed E-state index contributed by atoms with van der Waals surface area (Å²) in [6, 6.07) is 9.70. The molecule has 76 valence electrons. The van der Waals surface area contributed by atoms with Gasteiger partial charge in [-0.3, -0.25) is 4.79 Å². The van der Waals surface area contributed by atoms with Gasteiger partial charge in [0.1, 0.15) is 6.61 Å². The smallest absolute Gasteiger partial charge is 0.309 e. The van der Waals surface area contributed by atoms with E-state index in [0.717, 1.165) is 18.4 Å². The third kappa shape index (κ3) is 2.61. The van der Waals surface area contributed by atoms with Crippen LogP contribution in [0.2, 0.25) is 5.82 Å². The molecule has 2 rings (SSSR count). The van der Waals surface area contributed by atoms with Crippen molar-refractivity contribution < 1.29 is 9.53 Å². The third-order valence-electron chi connectivity index (χ3n) is 2.73. The molecule has 0 aliphatic heterocycles. The SMILES string of the molecule is [B]C1CC(C(=O)OCc2ccccc2)C1. The van der Waals surface area contributed by atoms with Crippen molar-refractivity contribution >= 4 is 13.8 Å². The van der Waals surface area contributed by atoms with E-state index in [-0.39, 0.29) is 17.7 Å². The Morgan fingerprint density at radius 3 is 2.60 bits per heavy atom. The summed E-state index contributed by atoms with van der Waals surface area (Å²) in [5, 5.41) is 0. The highest BCUT2D eigenvalue weighted by Crippen LogP contribution is 2.36. The first-order valence-electron chi connectivity index (χ1n) is 5.22. The standard InChI is InChI=1S/C12H13BO2/c13-11-6-10(7-11)12(14)15-8-9-4-2-1-3-5-9/h1-5,10-11H,6-8H2. The second-order valence-corrected chi connectivity index (χ2v) is 4.02. The molecule has 1 fully saturated rings.